The van der Waals surface area contributed by atoms with E-state index in [4.69, 9.17) is 5.26 Å². The molecule has 1 saturated heterocycles. The molecule has 6 heteroatoms. The van der Waals surface area contributed by atoms with Gasteiger partial charge in [0, 0.05) is 30.5 Å². The van der Waals surface area contributed by atoms with Gasteiger partial charge in [-0.1, -0.05) is 6.92 Å². The number of nitriles is 1. The number of rotatable bonds is 3. The molecule has 2 amide bonds. The van der Waals surface area contributed by atoms with E-state index >= 15 is 0 Å². The first kappa shape index (κ1) is 16.8. The van der Waals surface area contributed by atoms with Crippen LogP contribution in [-0.4, -0.2) is 34.8 Å². The third-order valence-corrected chi connectivity index (χ3v) is 4.53. The summed E-state index contributed by atoms with van der Waals surface area (Å²) in [5, 5.41) is 11.5. The molecule has 0 unspecified atom stereocenters. The van der Waals surface area contributed by atoms with Gasteiger partial charge in [0.2, 0.25) is 0 Å². The van der Waals surface area contributed by atoms with Crippen LogP contribution in [0.1, 0.15) is 46.2 Å². The van der Waals surface area contributed by atoms with Gasteiger partial charge >= 0.3 is 0 Å². The van der Waals surface area contributed by atoms with Gasteiger partial charge in [0.05, 0.1) is 5.56 Å². The van der Waals surface area contributed by atoms with Crippen molar-refractivity contribution in [3.63, 3.8) is 0 Å². The molecule has 6 nitrogen and oxygen atoms in total. The predicted octanol–water partition coefficient (Wildman–Crippen LogP) is 3.01. The highest BCUT2D eigenvalue weighted by molar-refractivity contribution is 6.04. The van der Waals surface area contributed by atoms with E-state index in [-0.39, 0.29) is 11.8 Å². The van der Waals surface area contributed by atoms with Crippen LogP contribution in [0.3, 0.4) is 0 Å². The molecule has 0 spiro atoms. The standard InChI is InChI=1S/C19H20N4O2/c1-13-6-8-23(9-7-13)19(25)14-2-4-16(5-3-14)22-18(24)15-10-17(11-20)21-12-15/h2-5,10,12-13,21H,6-9H2,1H3,(H,22,24). The fourth-order valence-corrected chi connectivity index (χ4v) is 2.88. The highest BCUT2D eigenvalue weighted by Gasteiger charge is 2.21. The molecule has 0 saturated carbocycles. The quantitative estimate of drug-likeness (QED) is 0.903. The molecule has 0 atom stereocenters. The fourth-order valence-electron chi connectivity index (χ4n) is 2.88. The largest absolute Gasteiger partial charge is 0.352 e. The minimum atomic E-state index is -0.304. The van der Waals surface area contributed by atoms with Gasteiger partial charge in [0.1, 0.15) is 11.8 Å². The molecule has 0 radical (unpaired) electrons. The Kier molecular flexibility index (Phi) is 4.85. The summed E-state index contributed by atoms with van der Waals surface area (Å²) in [6, 6.07) is 10.3. The SMILES string of the molecule is CC1CCN(C(=O)c2ccc(NC(=O)c3c[nH]c(C#N)c3)cc2)CC1. The van der Waals surface area contributed by atoms with Crippen molar-refractivity contribution < 1.29 is 9.59 Å². The number of likely N-dealkylation sites (tertiary alicyclic amines) is 1. The van der Waals surface area contributed by atoms with Gasteiger partial charge in [-0.05, 0) is 49.1 Å². The number of carbonyl (C=O) groups excluding carboxylic acids is 2. The first-order chi connectivity index (χ1) is 12.1. The maximum atomic E-state index is 12.5. The molecule has 3 rings (SSSR count). The first-order valence-corrected chi connectivity index (χ1v) is 8.36. The van der Waals surface area contributed by atoms with Crippen molar-refractivity contribution in [2.45, 2.75) is 19.8 Å². The molecule has 0 bridgehead atoms. The van der Waals surface area contributed by atoms with Crippen LogP contribution in [0.25, 0.3) is 0 Å². The van der Waals surface area contributed by atoms with E-state index < -0.39 is 0 Å². The minimum Gasteiger partial charge on any atom is -0.352 e. The second kappa shape index (κ2) is 7.22. The molecular formula is C19H20N4O2. The number of amides is 2. The van der Waals surface area contributed by atoms with E-state index in [0.29, 0.717) is 28.4 Å². The van der Waals surface area contributed by atoms with Gasteiger partial charge in [-0.15, -0.1) is 0 Å². The Bertz CT molecular complexity index is 809. The lowest BCUT2D eigenvalue weighted by Gasteiger charge is -2.30. The Labute approximate surface area is 146 Å². The predicted molar refractivity (Wildman–Crippen MR) is 94.2 cm³/mol. The van der Waals surface area contributed by atoms with Crippen molar-refractivity contribution in [1.29, 1.82) is 5.26 Å². The molecule has 1 aromatic heterocycles. The van der Waals surface area contributed by atoms with Gasteiger partial charge in [0.15, 0.2) is 0 Å². The second-order valence-electron chi connectivity index (χ2n) is 6.42. The van der Waals surface area contributed by atoms with Crippen LogP contribution >= 0.6 is 0 Å². The summed E-state index contributed by atoms with van der Waals surface area (Å²) in [4.78, 5) is 29.2. The highest BCUT2D eigenvalue weighted by Crippen LogP contribution is 2.19. The van der Waals surface area contributed by atoms with Crippen molar-refractivity contribution in [3.8, 4) is 6.07 Å². The average Bonchev–Trinajstić information content (AvgIpc) is 3.12. The van der Waals surface area contributed by atoms with E-state index in [0.717, 1.165) is 25.9 Å². The number of hydrogen-bond acceptors (Lipinski definition) is 3. The summed E-state index contributed by atoms with van der Waals surface area (Å²) in [5.74, 6) is 0.410. The summed E-state index contributed by atoms with van der Waals surface area (Å²) in [7, 11) is 0. The summed E-state index contributed by atoms with van der Waals surface area (Å²) < 4.78 is 0. The summed E-state index contributed by atoms with van der Waals surface area (Å²) in [6.45, 7) is 3.81. The van der Waals surface area contributed by atoms with Gasteiger partial charge < -0.3 is 15.2 Å². The Morgan fingerprint density at radius 1 is 1.20 bits per heavy atom. The number of aromatic nitrogens is 1. The molecule has 128 valence electrons. The number of hydrogen-bond donors (Lipinski definition) is 2. The second-order valence-corrected chi connectivity index (χ2v) is 6.42. The topological polar surface area (TPSA) is 89.0 Å². The smallest absolute Gasteiger partial charge is 0.257 e. The third-order valence-electron chi connectivity index (χ3n) is 4.53. The Balaban J connectivity index is 1.63. The lowest BCUT2D eigenvalue weighted by Crippen LogP contribution is -2.37. The number of nitrogens with one attached hydrogen (secondary N) is 2. The Hall–Kier alpha value is -3.07. The van der Waals surface area contributed by atoms with E-state index in [9.17, 15) is 9.59 Å². The minimum absolute atomic E-state index is 0.0362. The van der Waals surface area contributed by atoms with Gasteiger partial charge in [-0.25, -0.2) is 0 Å². The molecule has 1 aliphatic heterocycles. The van der Waals surface area contributed by atoms with E-state index in [1.165, 1.54) is 12.3 Å². The number of piperidine rings is 1. The first-order valence-electron chi connectivity index (χ1n) is 8.36. The number of nitrogens with zero attached hydrogens (tertiary/aromatic N) is 2. The zero-order chi connectivity index (χ0) is 17.8. The van der Waals surface area contributed by atoms with Crippen LogP contribution < -0.4 is 5.32 Å². The van der Waals surface area contributed by atoms with Crippen molar-refractivity contribution in [2.75, 3.05) is 18.4 Å². The molecule has 1 aromatic carbocycles. The van der Waals surface area contributed by atoms with Crippen LogP contribution in [0.2, 0.25) is 0 Å². The number of benzene rings is 1. The Morgan fingerprint density at radius 3 is 2.48 bits per heavy atom. The molecule has 2 heterocycles. The maximum Gasteiger partial charge on any atom is 0.257 e. The molecule has 1 aliphatic rings. The maximum absolute atomic E-state index is 12.5. The van der Waals surface area contributed by atoms with Crippen molar-refractivity contribution in [1.82, 2.24) is 9.88 Å². The van der Waals surface area contributed by atoms with E-state index in [1.54, 1.807) is 24.3 Å². The number of carbonyl (C=O) groups is 2. The Morgan fingerprint density at radius 2 is 1.88 bits per heavy atom. The number of aromatic amines is 1. The van der Waals surface area contributed by atoms with E-state index in [2.05, 4.69) is 17.2 Å². The molecule has 2 aromatic rings. The monoisotopic (exact) mass is 336 g/mol. The van der Waals surface area contributed by atoms with Crippen molar-refractivity contribution in [3.05, 3.63) is 53.3 Å². The third kappa shape index (κ3) is 3.89. The summed E-state index contributed by atoms with van der Waals surface area (Å²) in [5.41, 5.74) is 1.95. The van der Waals surface area contributed by atoms with Gasteiger partial charge in [0.25, 0.3) is 11.8 Å². The fraction of sp³-hybridized carbons (Fsp3) is 0.316. The lowest BCUT2D eigenvalue weighted by molar-refractivity contribution is 0.0697. The molecule has 1 fully saturated rings. The van der Waals surface area contributed by atoms with E-state index in [1.807, 2.05) is 11.0 Å². The summed E-state index contributed by atoms with van der Waals surface area (Å²) in [6.07, 6.45) is 3.57. The number of H-pyrrole nitrogens is 1. The van der Waals surface area contributed by atoms with Crippen LogP contribution in [0.5, 0.6) is 0 Å². The number of anilines is 1. The molecular weight excluding hydrogens is 316 g/mol. The van der Waals surface area contributed by atoms with Crippen LogP contribution in [0, 0.1) is 17.2 Å². The average molecular weight is 336 g/mol. The lowest BCUT2D eigenvalue weighted by atomic mass is 9.98. The van der Waals surface area contributed by atoms with Crippen molar-refractivity contribution in [2.24, 2.45) is 5.92 Å². The molecule has 2 N–H and O–H groups in total. The van der Waals surface area contributed by atoms with Crippen LogP contribution in [-0.2, 0) is 0 Å². The summed E-state index contributed by atoms with van der Waals surface area (Å²) >= 11 is 0. The van der Waals surface area contributed by atoms with Crippen LogP contribution in [0.4, 0.5) is 5.69 Å². The van der Waals surface area contributed by atoms with Crippen molar-refractivity contribution >= 4 is 17.5 Å². The zero-order valence-corrected chi connectivity index (χ0v) is 14.1. The van der Waals surface area contributed by atoms with Gasteiger partial charge in [-0.2, -0.15) is 5.26 Å². The highest BCUT2D eigenvalue weighted by atomic mass is 16.2. The van der Waals surface area contributed by atoms with Gasteiger partial charge in [-0.3, -0.25) is 9.59 Å². The molecule has 25 heavy (non-hydrogen) atoms. The van der Waals surface area contributed by atoms with Crippen LogP contribution in [0.15, 0.2) is 36.5 Å². The normalized spacial score (nSPS) is 14.8. The zero-order valence-electron chi connectivity index (χ0n) is 14.1. The molecule has 0 aliphatic carbocycles.